The highest BCUT2D eigenvalue weighted by Gasteiger charge is 2.23. The summed E-state index contributed by atoms with van der Waals surface area (Å²) in [6.07, 6.45) is 1.00. The standard InChI is InChI=1S/C12H14ClNOS/c1-9-6-7-14(12(15)8-13)10-4-2-3-5-11(10)16-9/h2-5,9H,6-8H2,1H3/t9-/m0/s1. The average molecular weight is 256 g/mol. The second kappa shape index (κ2) is 5.11. The molecule has 1 atom stereocenters. The van der Waals surface area contributed by atoms with E-state index in [9.17, 15) is 4.79 Å². The maximum absolute atomic E-state index is 11.8. The number of anilines is 1. The number of fused-ring (bicyclic) bond motifs is 1. The fraction of sp³-hybridized carbons (Fsp3) is 0.417. The third-order valence-electron chi connectivity index (χ3n) is 2.66. The smallest absolute Gasteiger partial charge is 0.241 e. The fourth-order valence-corrected chi connectivity index (χ4v) is 3.08. The highest BCUT2D eigenvalue weighted by atomic mass is 35.5. The quantitative estimate of drug-likeness (QED) is 0.719. The van der Waals surface area contributed by atoms with E-state index in [0.717, 1.165) is 18.7 Å². The predicted octanol–water partition coefficient (Wildman–Crippen LogP) is 3.14. The van der Waals surface area contributed by atoms with Gasteiger partial charge in [-0.2, -0.15) is 0 Å². The van der Waals surface area contributed by atoms with E-state index in [4.69, 9.17) is 11.6 Å². The first kappa shape index (κ1) is 11.8. The van der Waals surface area contributed by atoms with Crippen LogP contribution in [0.2, 0.25) is 0 Å². The van der Waals surface area contributed by atoms with Crippen molar-refractivity contribution in [1.29, 1.82) is 0 Å². The molecule has 0 bridgehead atoms. The Balaban J connectivity index is 2.38. The zero-order valence-electron chi connectivity index (χ0n) is 9.15. The number of amides is 1. The van der Waals surface area contributed by atoms with Crippen LogP contribution in [0, 0.1) is 0 Å². The molecule has 1 aromatic rings. The van der Waals surface area contributed by atoms with Gasteiger partial charge in [0.05, 0.1) is 5.69 Å². The van der Waals surface area contributed by atoms with Crippen molar-refractivity contribution in [2.45, 2.75) is 23.5 Å². The summed E-state index contributed by atoms with van der Waals surface area (Å²) in [5.74, 6) is 0.0386. The van der Waals surface area contributed by atoms with Gasteiger partial charge in [-0.15, -0.1) is 23.4 Å². The average Bonchev–Trinajstić information content (AvgIpc) is 2.46. The minimum Gasteiger partial charge on any atom is -0.310 e. The van der Waals surface area contributed by atoms with Crippen molar-refractivity contribution in [3.8, 4) is 0 Å². The molecule has 0 N–H and O–H groups in total. The van der Waals surface area contributed by atoms with Gasteiger partial charge in [0.2, 0.25) is 5.91 Å². The van der Waals surface area contributed by atoms with Gasteiger partial charge in [0.15, 0.2) is 0 Å². The third-order valence-corrected chi connectivity index (χ3v) is 4.12. The Bertz CT molecular complexity index is 396. The zero-order chi connectivity index (χ0) is 11.5. The van der Waals surface area contributed by atoms with E-state index >= 15 is 0 Å². The molecule has 1 amide bonds. The van der Waals surface area contributed by atoms with Crippen LogP contribution in [-0.4, -0.2) is 23.6 Å². The van der Waals surface area contributed by atoms with Crippen LogP contribution in [0.1, 0.15) is 13.3 Å². The van der Waals surface area contributed by atoms with Gasteiger partial charge in [-0.05, 0) is 18.6 Å². The molecule has 2 rings (SSSR count). The van der Waals surface area contributed by atoms with E-state index < -0.39 is 0 Å². The summed E-state index contributed by atoms with van der Waals surface area (Å²) < 4.78 is 0. The number of hydrogen-bond acceptors (Lipinski definition) is 2. The highest BCUT2D eigenvalue weighted by Crippen LogP contribution is 2.37. The molecule has 0 aliphatic carbocycles. The molecule has 0 fully saturated rings. The first-order valence-electron chi connectivity index (χ1n) is 5.34. The summed E-state index contributed by atoms with van der Waals surface area (Å²) in [6.45, 7) is 2.95. The lowest BCUT2D eigenvalue weighted by molar-refractivity contribution is -0.116. The number of alkyl halides is 1. The van der Waals surface area contributed by atoms with E-state index in [2.05, 4.69) is 13.0 Å². The van der Waals surface area contributed by atoms with E-state index in [1.54, 1.807) is 4.90 Å². The van der Waals surface area contributed by atoms with Crippen LogP contribution >= 0.6 is 23.4 Å². The lowest BCUT2D eigenvalue weighted by atomic mass is 10.2. The van der Waals surface area contributed by atoms with Crippen LogP contribution in [0.5, 0.6) is 0 Å². The molecule has 16 heavy (non-hydrogen) atoms. The predicted molar refractivity (Wildman–Crippen MR) is 69.5 cm³/mol. The molecule has 0 unspecified atom stereocenters. The highest BCUT2D eigenvalue weighted by molar-refractivity contribution is 8.00. The summed E-state index contributed by atoms with van der Waals surface area (Å²) in [7, 11) is 0. The Kier molecular flexibility index (Phi) is 3.77. The number of benzene rings is 1. The normalized spacial score (nSPS) is 20.1. The van der Waals surface area contributed by atoms with Crippen molar-refractivity contribution in [1.82, 2.24) is 0 Å². The van der Waals surface area contributed by atoms with Gasteiger partial charge in [-0.25, -0.2) is 0 Å². The van der Waals surface area contributed by atoms with Crippen LogP contribution in [0.15, 0.2) is 29.2 Å². The van der Waals surface area contributed by atoms with Crippen molar-refractivity contribution in [2.24, 2.45) is 0 Å². The van der Waals surface area contributed by atoms with E-state index in [1.165, 1.54) is 4.90 Å². The molecule has 1 aromatic carbocycles. The Morgan fingerprint density at radius 2 is 2.31 bits per heavy atom. The Morgan fingerprint density at radius 1 is 1.56 bits per heavy atom. The number of carbonyl (C=O) groups is 1. The summed E-state index contributed by atoms with van der Waals surface area (Å²) in [6, 6.07) is 8.03. The number of nitrogens with zero attached hydrogens (tertiary/aromatic N) is 1. The maximum Gasteiger partial charge on any atom is 0.241 e. The molecule has 0 saturated carbocycles. The van der Waals surface area contributed by atoms with E-state index in [-0.39, 0.29) is 11.8 Å². The van der Waals surface area contributed by atoms with E-state index in [0.29, 0.717) is 5.25 Å². The second-order valence-corrected chi connectivity index (χ2v) is 5.61. The monoisotopic (exact) mass is 255 g/mol. The van der Waals surface area contributed by atoms with Crippen molar-refractivity contribution in [3.63, 3.8) is 0 Å². The first-order chi connectivity index (χ1) is 7.72. The third kappa shape index (κ3) is 2.36. The van der Waals surface area contributed by atoms with Gasteiger partial charge >= 0.3 is 0 Å². The molecular weight excluding hydrogens is 242 g/mol. The minimum atomic E-state index is -0.0104. The summed E-state index contributed by atoms with van der Waals surface area (Å²) in [5, 5.41) is 0.536. The minimum absolute atomic E-state index is 0.0104. The number of carbonyl (C=O) groups excluding carboxylic acids is 1. The number of halogens is 1. The van der Waals surface area contributed by atoms with Gasteiger partial charge in [0.1, 0.15) is 5.88 Å². The van der Waals surface area contributed by atoms with Crippen LogP contribution in [0.4, 0.5) is 5.69 Å². The lowest BCUT2D eigenvalue weighted by Gasteiger charge is -2.21. The molecule has 1 aliphatic rings. The van der Waals surface area contributed by atoms with Crippen molar-refractivity contribution in [3.05, 3.63) is 24.3 Å². The largest absolute Gasteiger partial charge is 0.310 e. The Hall–Kier alpha value is -0.670. The number of thioether (sulfide) groups is 1. The number of rotatable bonds is 1. The maximum atomic E-state index is 11.8. The van der Waals surface area contributed by atoms with Crippen LogP contribution in [0.25, 0.3) is 0 Å². The molecule has 1 aliphatic heterocycles. The zero-order valence-corrected chi connectivity index (χ0v) is 10.7. The van der Waals surface area contributed by atoms with Crippen molar-refractivity contribution >= 4 is 35.0 Å². The summed E-state index contributed by atoms with van der Waals surface area (Å²) in [5.41, 5.74) is 1.00. The Labute approximate surface area is 105 Å². The van der Waals surface area contributed by atoms with Crippen LogP contribution in [-0.2, 0) is 4.79 Å². The molecule has 2 nitrogen and oxygen atoms in total. The van der Waals surface area contributed by atoms with Crippen LogP contribution < -0.4 is 4.90 Å². The molecule has 0 aromatic heterocycles. The summed E-state index contributed by atoms with van der Waals surface area (Å²) in [4.78, 5) is 14.8. The van der Waals surface area contributed by atoms with Crippen LogP contribution in [0.3, 0.4) is 0 Å². The Morgan fingerprint density at radius 3 is 3.06 bits per heavy atom. The van der Waals surface area contributed by atoms with Crippen molar-refractivity contribution in [2.75, 3.05) is 17.3 Å². The molecule has 0 radical (unpaired) electrons. The molecular formula is C12H14ClNOS. The van der Waals surface area contributed by atoms with Gasteiger partial charge < -0.3 is 4.90 Å². The first-order valence-corrected chi connectivity index (χ1v) is 6.76. The molecule has 86 valence electrons. The lowest BCUT2D eigenvalue weighted by Crippen LogP contribution is -2.33. The number of para-hydroxylation sites is 1. The molecule has 1 heterocycles. The summed E-state index contributed by atoms with van der Waals surface area (Å²) >= 11 is 7.47. The topological polar surface area (TPSA) is 20.3 Å². The van der Waals surface area contributed by atoms with E-state index in [1.807, 2.05) is 30.0 Å². The number of hydrogen-bond donors (Lipinski definition) is 0. The van der Waals surface area contributed by atoms with Gasteiger partial charge in [0.25, 0.3) is 0 Å². The second-order valence-electron chi connectivity index (χ2n) is 3.86. The molecule has 0 saturated heterocycles. The SMILES string of the molecule is C[C@H]1CCN(C(=O)CCl)c2ccccc2S1. The fourth-order valence-electron chi connectivity index (χ4n) is 1.82. The van der Waals surface area contributed by atoms with Gasteiger partial charge in [0, 0.05) is 16.7 Å². The molecule has 0 spiro atoms. The van der Waals surface area contributed by atoms with Gasteiger partial charge in [-0.1, -0.05) is 19.1 Å². The molecule has 4 heteroatoms. The van der Waals surface area contributed by atoms with Gasteiger partial charge in [-0.3, -0.25) is 4.79 Å². The van der Waals surface area contributed by atoms with Crippen molar-refractivity contribution < 1.29 is 4.79 Å².